The molecule has 0 atom stereocenters. The Bertz CT molecular complexity index is 847. The molecule has 110 valence electrons. The largest absolute Gasteiger partial charge is 0.357 e. The third-order valence-corrected chi connectivity index (χ3v) is 3.17. The second kappa shape index (κ2) is 5.77. The van der Waals surface area contributed by atoms with Gasteiger partial charge in [-0.1, -0.05) is 12.1 Å². The van der Waals surface area contributed by atoms with Crippen LogP contribution >= 0.6 is 0 Å². The topological polar surface area (TPSA) is 79.8 Å². The number of carbonyl (C=O) groups is 1. The van der Waals surface area contributed by atoms with Gasteiger partial charge in [0.05, 0.1) is 17.4 Å². The van der Waals surface area contributed by atoms with Crippen molar-refractivity contribution in [1.82, 2.24) is 15.0 Å². The lowest BCUT2D eigenvalue weighted by Gasteiger charge is -2.07. The van der Waals surface area contributed by atoms with Gasteiger partial charge < -0.3 is 10.6 Å². The van der Waals surface area contributed by atoms with Gasteiger partial charge >= 0.3 is 0 Å². The second-order valence-corrected chi connectivity index (χ2v) is 4.83. The van der Waals surface area contributed by atoms with E-state index in [-0.39, 0.29) is 5.91 Å². The van der Waals surface area contributed by atoms with Gasteiger partial charge in [0.25, 0.3) is 0 Å². The molecule has 2 N–H and O–H groups in total. The summed E-state index contributed by atoms with van der Waals surface area (Å²) in [6.45, 7) is 1.48. The van der Waals surface area contributed by atoms with E-state index in [1.807, 2.05) is 30.3 Å². The Hall–Kier alpha value is -3.02. The summed E-state index contributed by atoms with van der Waals surface area (Å²) in [5, 5.41) is 6.58. The average Bonchev–Trinajstić information content (AvgIpc) is 2.53. The predicted octanol–water partition coefficient (Wildman–Crippen LogP) is 2.69. The first-order valence-corrected chi connectivity index (χ1v) is 6.84. The SMILES string of the molecule is CNc1ncc2cc(-c3cccc(NC(C)=O)c3)ncc2n1. The van der Waals surface area contributed by atoms with Crippen molar-refractivity contribution >= 4 is 28.4 Å². The van der Waals surface area contributed by atoms with E-state index in [2.05, 4.69) is 25.6 Å². The molecule has 0 bridgehead atoms. The average molecular weight is 293 g/mol. The number of hydrogen-bond donors (Lipinski definition) is 2. The van der Waals surface area contributed by atoms with Crippen LogP contribution in [-0.4, -0.2) is 27.9 Å². The molecule has 2 aromatic heterocycles. The van der Waals surface area contributed by atoms with Gasteiger partial charge in [-0.15, -0.1) is 0 Å². The molecule has 3 aromatic rings. The van der Waals surface area contributed by atoms with Crippen molar-refractivity contribution in [2.75, 3.05) is 17.7 Å². The minimum atomic E-state index is -0.100. The predicted molar refractivity (Wildman–Crippen MR) is 86.6 cm³/mol. The fourth-order valence-corrected chi connectivity index (χ4v) is 2.17. The fraction of sp³-hybridized carbons (Fsp3) is 0.125. The molecule has 3 rings (SSSR count). The molecule has 0 radical (unpaired) electrons. The first kappa shape index (κ1) is 13.9. The van der Waals surface area contributed by atoms with E-state index in [1.165, 1.54) is 6.92 Å². The van der Waals surface area contributed by atoms with E-state index in [1.54, 1.807) is 19.4 Å². The maximum absolute atomic E-state index is 11.1. The Morgan fingerprint density at radius 1 is 1.14 bits per heavy atom. The number of benzene rings is 1. The summed E-state index contributed by atoms with van der Waals surface area (Å²) in [5.74, 6) is 0.464. The van der Waals surface area contributed by atoms with Gasteiger partial charge in [0.15, 0.2) is 0 Å². The summed E-state index contributed by atoms with van der Waals surface area (Å²) in [6, 6.07) is 9.49. The van der Waals surface area contributed by atoms with Crippen LogP contribution in [0.15, 0.2) is 42.7 Å². The van der Waals surface area contributed by atoms with Gasteiger partial charge in [0.1, 0.15) is 0 Å². The quantitative estimate of drug-likeness (QED) is 0.776. The van der Waals surface area contributed by atoms with Crippen LogP contribution in [0.1, 0.15) is 6.92 Å². The highest BCUT2D eigenvalue weighted by Gasteiger charge is 2.05. The number of amides is 1. The highest BCUT2D eigenvalue weighted by Crippen LogP contribution is 2.23. The van der Waals surface area contributed by atoms with E-state index in [0.717, 1.165) is 27.8 Å². The molecule has 6 nitrogen and oxygen atoms in total. The zero-order valence-corrected chi connectivity index (χ0v) is 12.3. The summed E-state index contributed by atoms with van der Waals surface area (Å²) < 4.78 is 0. The van der Waals surface area contributed by atoms with Crippen molar-refractivity contribution in [3.8, 4) is 11.3 Å². The van der Waals surface area contributed by atoms with E-state index in [9.17, 15) is 4.79 Å². The number of rotatable bonds is 3. The first-order valence-electron chi connectivity index (χ1n) is 6.84. The maximum atomic E-state index is 11.1. The summed E-state index contributed by atoms with van der Waals surface area (Å²) in [6.07, 6.45) is 3.48. The Labute approximate surface area is 127 Å². The van der Waals surface area contributed by atoms with Crippen LogP contribution in [-0.2, 0) is 4.79 Å². The molecule has 1 aromatic carbocycles. The van der Waals surface area contributed by atoms with E-state index in [4.69, 9.17) is 0 Å². The summed E-state index contributed by atoms with van der Waals surface area (Å²) >= 11 is 0. The molecule has 2 heterocycles. The van der Waals surface area contributed by atoms with Crippen LogP contribution < -0.4 is 10.6 Å². The lowest BCUT2D eigenvalue weighted by atomic mass is 10.1. The van der Waals surface area contributed by atoms with Gasteiger partial charge in [0, 0.05) is 36.8 Å². The maximum Gasteiger partial charge on any atom is 0.223 e. The molecular formula is C16H15N5O. The summed E-state index contributed by atoms with van der Waals surface area (Å²) in [4.78, 5) is 24.1. The molecule has 0 aliphatic rings. The number of nitrogens with zero attached hydrogens (tertiary/aromatic N) is 3. The fourth-order valence-electron chi connectivity index (χ4n) is 2.17. The zero-order chi connectivity index (χ0) is 15.5. The molecule has 0 aliphatic carbocycles. The third kappa shape index (κ3) is 2.85. The lowest BCUT2D eigenvalue weighted by molar-refractivity contribution is -0.114. The normalized spacial score (nSPS) is 10.5. The monoisotopic (exact) mass is 293 g/mol. The zero-order valence-electron chi connectivity index (χ0n) is 12.3. The Balaban J connectivity index is 2.01. The van der Waals surface area contributed by atoms with E-state index < -0.39 is 0 Å². The second-order valence-electron chi connectivity index (χ2n) is 4.83. The van der Waals surface area contributed by atoms with Gasteiger partial charge in [-0.05, 0) is 18.2 Å². The van der Waals surface area contributed by atoms with Crippen LogP contribution in [0, 0.1) is 0 Å². The van der Waals surface area contributed by atoms with Gasteiger partial charge in [-0.2, -0.15) is 0 Å². The number of fused-ring (bicyclic) bond motifs is 1. The Kier molecular flexibility index (Phi) is 3.65. The van der Waals surface area contributed by atoms with Crippen molar-refractivity contribution < 1.29 is 4.79 Å². The molecule has 1 amide bonds. The number of nitrogens with one attached hydrogen (secondary N) is 2. The standard InChI is InChI=1S/C16H15N5O/c1-10(22)20-13-5-3-4-11(6-13)14-7-12-8-19-16(17-2)21-15(12)9-18-14/h3-9H,1-2H3,(H,20,22)(H,17,19,21). The van der Waals surface area contributed by atoms with Crippen molar-refractivity contribution in [1.29, 1.82) is 0 Å². The van der Waals surface area contributed by atoms with Gasteiger partial charge in [-0.3, -0.25) is 9.78 Å². The van der Waals surface area contributed by atoms with Crippen molar-refractivity contribution in [2.24, 2.45) is 0 Å². The highest BCUT2D eigenvalue weighted by molar-refractivity contribution is 5.90. The van der Waals surface area contributed by atoms with Crippen molar-refractivity contribution in [3.05, 3.63) is 42.7 Å². The molecule has 6 heteroatoms. The minimum absolute atomic E-state index is 0.100. The Morgan fingerprint density at radius 2 is 2.00 bits per heavy atom. The smallest absolute Gasteiger partial charge is 0.223 e. The molecule has 0 saturated carbocycles. The van der Waals surface area contributed by atoms with Crippen molar-refractivity contribution in [2.45, 2.75) is 6.92 Å². The van der Waals surface area contributed by atoms with Crippen LogP contribution in [0.2, 0.25) is 0 Å². The third-order valence-electron chi connectivity index (χ3n) is 3.17. The van der Waals surface area contributed by atoms with Crippen LogP contribution in [0.3, 0.4) is 0 Å². The van der Waals surface area contributed by atoms with Crippen LogP contribution in [0.25, 0.3) is 22.2 Å². The number of anilines is 2. The van der Waals surface area contributed by atoms with E-state index in [0.29, 0.717) is 5.95 Å². The van der Waals surface area contributed by atoms with Crippen LogP contribution in [0.4, 0.5) is 11.6 Å². The minimum Gasteiger partial charge on any atom is -0.357 e. The Morgan fingerprint density at radius 3 is 2.77 bits per heavy atom. The van der Waals surface area contributed by atoms with Gasteiger partial charge in [-0.25, -0.2) is 9.97 Å². The molecule has 22 heavy (non-hydrogen) atoms. The molecule has 0 unspecified atom stereocenters. The number of aromatic nitrogens is 3. The molecular weight excluding hydrogens is 278 g/mol. The van der Waals surface area contributed by atoms with Crippen LogP contribution in [0.5, 0.6) is 0 Å². The highest BCUT2D eigenvalue weighted by atomic mass is 16.1. The first-order chi connectivity index (χ1) is 10.7. The molecule has 0 spiro atoms. The van der Waals surface area contributed by atoms with E-state index >= 15 is 0 Å². The molecule has 0 fully saturated rings. The molecule has 0 saturated heterocycles. The molecule has 0 aliphatic heterocycles. The lowest BCUT2D eigenvalue weighted by Crippen LogP contribution is -2.05. The number of pyridine rings is 1. The van der Waals surface area contributed by atoms with Crippen molar-refractivity contribution in [3.63, 3.8) is 0 Å². The number of carbonyl (C=O) groups excluding carboxylic acids is 1. The summed E-state index contributed by atoms with van der Waals surface area (Å²) in [7, 11) is 1.77. The van der Waals surface area contributed by atoms with Gasteiger partial charge in [0.2, 0.25) is 11.9 Å². The summed E-state index contributed by atoms with van der Waals surface area (Å²) in [5.41, 5.74) is 3.25. The number of hydrogen-bond acceptors (Lipinski definition) is 5.